The number of piperidine rings is 1. The molecule has 1 N–H and O–H groups in total. The Bertz CT molecular complexity index is 1340. The molecular formula is C23H22F3N5O. The smallest absolute Gasteiger partial charge is 0.350 e. The van der Waals surface area contributed by atoms with Gasteiger partial charge in [-0.15, -0.1) is 0 Å². The lowest BCUT2D eigenvalue weighted by atomic mass is 9.93. The number of amides is 1. The van der Waals surface area contributed by atoms with E-state index in [2.05, 4.69) is 15.1 Å². The molecule has 166 valence electrons. The molecule has 0 unspecified atom stereocenters. The third kappa shape index (κ3) is 3.41. The average Bonchev–Trinajstić information content (AvgIpc) is 3.31. The van der Waals surface area contributed by atoms with Crippen LogP contribution < -0.4 is 0 Å². The van der Waals surface area contributed by atoms with Crippen molar-refractivity contribution in [3.8, 4) is 0 Å². The van der Waals surface area contributed by atoms with Crippen molar-refractivity contribution in [1.82, 2.24) is 24.5 Å². The van der Waals surface area contributed by atoms with Gasteiger partial charge in [-0.2, -0.15) is 18.3 Å². The summed E-state index contributed by atoms with van der Waals surface area (Å²) in [6.07, 6.45) is -3.19. The molecule has 1 saturated heterocycles. The van der Waals surface area contributed by atoms with Crippen LogP contribution in [0.15, 0.2) is 36.4 Å². The molecule has 1 amide bonds. The molecule has 4 heterocycles. The Balaban J connectivity index is 1.48. The van der Waals surface area contributed by atoms with E-state index in [0.29, 0.717) is 43.0 Å². The van der Waals surface area contributed by atoms with Gasteiger partial charge in [0.15, 0.2) is 5.65 Å². The highest BCUT2D eigenvalue weighted by molar-refractivity contribution is 6.00. The number of halogens is 3. The van der Waals surface area contributed by atoms with Crippen LogP contribution in [0.4, 0.5) is 13.2 Å². The summed E-state index contributed by atoms with van der Waals surface area (Å²) in [5.41, 5.74) is 2.42. The molecule has 0 saturated carbocycles. The summed E-state index contributed by atoms with van der Waals surface area (Å²) in [5.74, 6) is -0.417. The van der Waals surface area contributed by atoms with Gasteiger partial charge in [0.25, 0.3) is 5.91 Å². The molecule has 3 aromatic heterocycles. The molecule has 1 atom stereocenters. The number of hydrogen-bond acceptors (Lipinski definition) is 3. The molecule has 0 bridgehead atoms. The summed E-state index contributed by atoms with van der Waals surface area (Å²) >= 11 is 0. The molecule has 1 aliphatic rings. The Kier molecular flexibility index (Phi) is 4.72. The minimum atomic E-state index is -4.56. The third-order valence-corrected chi connectivity index (χ3v) is 6.17. The summed E-state index contributed by atoms with van der Waals surface area (Å²) in [6.45, 7) is 4.42. The number of aromatic nitrogens is 4. The van der Waals surface area contributed by atoms with Crippen molar-refractivity contribution in [1.29, 1.82) is 0 Å². The van der Waals surface area contributed by atoms with Crippen LogP contribution in [0.25, 0.3) is 16.6 Å². The second-order valence-electron chi connectivity index (χ2n) is 8.38. The Morgan fingerprint density at radius 3 is 2.72 bits per heavy atom. The molecule has 9 heteroatoms. The number of carbonyl (C=O) groups excluding carboxylic acids is 1. The highest BCUT2D eigenvalue weighted by atomic mass is 19.4. The Labute approximate surface area is 182 Å². The Hall–Kier alpha value is -3.36. The maximum Gasteiger partial charge on any atom is 0.433 e. The van der Waals surface area contributed by atoms with Crippen molar-refractivity contribution in [2.24, 2.45) is 0 Å². The standard InChI is InChI=1S/C23H22F3N5O/c1-13-10-20-27-18(11-19(23(24,25)26)31(20)29-13)15-6-5-9-30(12-15)22(32)21-14(2)16-7-3-4-8-17(16)28-21/h3-4,7-8,10-11,15,28H,5-6,9,12H2,1-2H3/t15-/m0/s1. The zero-order valence-corrected chi connectivity index (χ0v) is 17.7. The van der Waals surface area contributed by atoms with E-state index in [1.807, 2.05) is 31.2 Å². The number of carbonyl (C=O) groups is 1. The van der Waals surface area contributed by atoms with Crippen LogP contribution in [-0.4, -0.2) is 43.5 Å². The van der Waals surface area contributed by atoms with E-state index < -0.39 is 11.9 Å². The van der Waals surface area contributed by atoms with Gasteiger partial charge in [0.2, 0.25) is 0 Å². The van der Waals surface area contributed by atoms with E-state index in [1.54, 1.807) is 17.9 Å². The molecule has 1 fully saturated rings. The van der Waals surface area contributed by atoms with Gasteiger partial charge in [0, 0.05) is 41.7 Å². The van der Waals surface area contributed by atoms with E-state index in [4.69, 9.17) is 0 Å². The van der Waals surface area contributed by atoms with Gasteiger partial charge < -0.3 is 9.88 Å². The van der Waals surface area contributed by atoms with Crippen molar-refractivity contribution >= 4 is 22.5 Å². The van der Waals surface area contributed by atoms with Crippen LogP contribution in [0, 0.1) is 13.8 Å². The van der Waals surface area contributed by atoms with Crippen molar-refractivity contribution < 1.29 is 18.0 Å². The molecule has 32 heavy (non-hydrogen) atoms. The van der Waals surface area contributed by atoms with Gasteiger partial charge >= 0.3 is 6.18 Å². The second-order valence-corrected chi connectivity index (χ2v) is 8.38. The maximum absolute atomic E-state index is 13.7. The van der Waals surface area contributed by atoms with Crippen LogP contribution in [0.5, 0.6) is 0 Å². The summed E-state index contributed by atoms with van der Waals surface area (Å²) in [7, 11) is 0. The number of aromatic amines is 1. The molecule has 0 aliphatic carbocycles. The summed E-state index contributed by atoms with van der Waals surface area (Å²) in [5, 5.41) is 4.93. The van der Waals surface area contributed by atoms with Crippen LogP contribution in [0.3, 0.4) is 0 Å². The predicted octanol–water partition coefficient (Wildman–Crippen LogP) is 4.87. The topological polar surface area (TPSA) is 66.3 Å². The van der Waals surface area contributed by atoms with Gasteiger partial charge in [0.05, 0.1) is 5.69 Å². The quantitative estimate of drug-likeness (QED) is 0.483. The number of alkyl halides is 3. The molecular weight excluding hydrogens is 419 g/mol. The van der Waals surface area contributed by atoms with Crippen molar-refractivity contribution in [2.45, 2.75) is 38.8 Å². The van der Waals surface area contributed by atoms with Crippen LogP contribution in [0.1, 0.15) is 51.9 Å². The fourth-order valence-corrected chi connectivity index (χ4v) is 4.58. The van der Waals surface area contributed by atoms with E-state index in [-0.39, 0.29) is 17.5 Å². The minimum Gasteiger partial charge on any atom is -0.350 e. The minimum absolute atomic E-state index is 0.138. The number of fused-ring (bicyclic) bond motifs is 2. The molecule has 6 nitrogen and oxygen atoms in total. The van der Waals surface area contributed by atoms with Crippen molar-refractivity contribution in [2.75, 3.05) is 13.1 Å². The highest BCUT2D eigenvalue weighted by Crippen LogP contribution is 2.34. The zero-order valence-electron chi connectivity index (χ0n) is 17.7. The Morgan fingerprint density at radius 2 is 1.97 bits per heavy atom. The first-order chi connectivity index (χ1) is 15.2. The van der Waals surface area contributed by atoms with E-state index in [9.17, 15) is 18.0 Å². The van der Waals surface area contributed by atoms with Gasteiger partial charge in [-0.25, -0.2) is 9.50 Å². The number of aryl methyl sites for hydroxylation is 2. The van der Waals surface area contributed by atoms with Gasteiger partial charge in [-0.1, -0.05) is 18.2 Å². The lowest BCUT2D eigenvalue weighted by Gasteiger charge is -2.32. The lowest BCUT2D eigenvalue weighted by Crippen LogP contribution is -2.39. The summed E-state index contributed by atoms with van der Waals surface area (Å²) < 4.78 is 41.9. The fraction of sp³-hybridized carbons (Fsp3) is 0.348. The second kappa shape index (κ2) is 7.36. The molecule has 4 aromatic rings. The van der Waals surface area contributed by atoms with Crippen LogP contribution in [-0.2, 0) is 6.18 Å². The summed E-state index contributed by atoms with van der Waals surface area (Å²) in [4.78, 5) is 22.7. The molecule has 0 radical (unpaired) electrons. The van der Waals surface area contributed by atoms with Gasteiger partial charge in [0.1, 0.15) is 11.4 Å². The SMILES string of the molecule is Cc1cc2nc([C@H]3CCCN(C(=O)c4[nH]c5ccccc5c4C)C3)cc(C(F)(F)F)n2n1. The molecule has 1 aliphatic heterocycles. The number of nitrogens with zero attached hydrogens (tertiary/aromatic N) is 4. The molecule has 1 aromatic carbocycles. The lowest BCUT2D eigenvalue weighted by molar-refractivity contribution is -0.142. The number of benzene rings is 1. The van der Waals surface area contributed by atoms with E-state index in [1.165, 1.54) is 0 Å². The van der Waals surface area contributed by atoms with Crippen molar-refractivity contribution in [3.05, 3.63) is 64.7 Å². The van der Waals surface area contributed by atoms with E-state index in [0.717, 1.165) is 27.0 Å². The van der Waals surface area contributed by atoms with Gasteiger partial charge in [-0.3, -0.25) is 4.79 Å². The highest BCUT2D eigenvalue weighted by Gasteiger charge is 2.37. The number of hydrogen-bond donors (Lipinski definition) is 1. The zero-order chi connectivity index (χ0) is 22.6. The van der Waals surface area contributed by atoms with Crippen molar-refractivity contribution in [3.63, 3.8) is 0 Å². The summed E-state index contributed by atoms with van der Waals surface area (Å²) in [6, 6.07) is 10.3. The normalized spacial score (nSPS) is 17.4. The predicted molar refractivity (Wildman–Crippen MR) is 114 cm³/mol. The number of rotatable bonds is 2. The number of para-hydroxylation sites is 1. The van der Waals surface area contributed by atoms with Gasteiger partial charge in [-0.05, 0) is 44.4 Å². The maximum atomic E-state index is 13.7. The average molecular weight is 441 g/mol. The largest absolute Gasteiger partial charge is 0.433 e. The first-order valence-electron chi connectivity index (χ1n) is 10.5. The number of likely N-dealkylation sites (tertiary alicyclic amines) is 1. The molecule has 0 spiro atoms. The number of nitrogens with one attached hydrogen (secondary N) is 1. The van der Waals surface area contributed by atoms with E-state index >= 15 is 0 Å². The fourth-order valence-electron chi connectivity index (χ4n) is 4.58. The molecule has 5 rings (SSSR count). The van der Waals surface area contributed by atoms with Crippen LogP contribution in [0.2, 0.25) is 0 Å². The Morgan fingerprint density at radius 1 is 1.19 bits per heavy atom. The first kappa shape index (κ1) is 20.5. The third-order valence-electron chi connectivity index (χ3n) is 6.17. The van der Waals surface area contributed by atoms with Crippen LogP contribution >= 0.6 is 0 Å². The first-order valence-corrected chi connectivity index (χ1v) is 10.5. The number of H-pyrrole nitrogens is 1. The monoisotopic (exact) mass is 441 g/mol.